The Bertz CT molecular complexity index is 884. The predicted octanol–water partition coefficient (Wildman–Crippen LogP) is 3.48. The minimum absolute atomic E-state index is 0.0318. The molecule has 5 heteroatoms. The second-order valence-corrected chi connectivity index (χ2v) is 6.29. The summed E-state index contributed by atoms with van der Waals surface area (Å²) >= 11 is 0. The van der Waals surface area contributed by atoms with Crippen LogP contribution in [0.15, 0.2) is 48.5 Å². The second kappa shape index (κ2) is 7.38. The average Bonchev–Trinajstić information content (AvgIpc) is 2.98. The Morgan fingerprint density at radius 1 is 1.20 bits per heavy atom. The lowest BCUT2D eigenvalue weighted by Crippen LogP contribution is -2.26. The van der Waals surface area contributed by atoms with E-state index < -0.39 is 0 Å². The monoisotopic (exact) mass is 337 g/mol. The molecular formula is C20H23N3O2. The van der Waals surface area contributed by atoms with Gasteiger partial charge < -0.3 is 14.6 Å². The molecule has 0 fully saturated rings. The summed E-state index contributed by atoms with van der Waals surface area (Å²) in [6, 6.07) is 15.9. The minimum Gasteiger partial charge on any atom is -0.497 e. The van der Waals surface area contributed by atoms with Crippen LogP contribution in [0.4, 0.5) is 0 Å². The molecule has 0 aliphatic carbocycles. The number of para-hydroxylation sites is 2. The van der Waals surface area contributed by atoms with E-state index in [2.05, 4.69) is 34.8 Å². The summed E-state index contributed by atoms with van der Waals surface area (Å²) in [4.78, 5) is 17.0. The third kappa shape index (κ3) is 3.82. The van der Waals surface area contributed by atoms with Crippen molar-refractivity contribution >= 4 is 16.9 Å². The van der Waals surface area contributed by atoms with Gasteiger partial charge in [-0.3, -0.25) is 4.79 Å². The number of amides is 1. The molecule has 3 rings (SSSR count). The summed E-state index contributed by atoms with van der Waals surface area (Å²) in [7, 11) is 1.62. The molecule has 1 heterocycles. The summed E-state index contributed by atoms with van der Waals surface area (Å²) in [5.41, 5.74) is 2.97. The first-order valence-electron chi connectivity index (χ1n) is 8.44. The van der Waals surface area contributed by atoms with E-state index in [1.165, 1.54) is 0 Å². The highest BCUT2D eigenvalue weighted by molar-refractivity contribution is 5.79. The molecule has 0 unspecified atom stereocenters. The van der Waals surface area contributed by atoms with Crippen LogP contribution in [0.2, 0.25) is 0 Å². The molecule has 0 saturated carbocycles. The SMILES string of the molecule is COc1cccc(CC(=O)NCc2nc3ccccc3n2C(C)C)c1. The van der Waals surface area contributed by atoms with Crippen LogP contribution < -0.4 is 10.1 Å². The minimum atomic E-state index is -0.0318. The molecule has 2 aromatic carbocycles. The Hall–Kier alpha value is -2.82. The number of hydrogen-bond acceptors (Lipinski definition) is 3. The highest BCUT2D eigenvalue weighted by Crippen LogP contribution is 2.20. The zero-order chi connectivity index (χ0) is 17.8. The van der Waals surface area contributed by atoms with Gasteiger partial charge in [0.2, 0.25) is 5.91 Å². The molecule has 0 saturated heterocycles. The van der Waals surface area contributed by atoms with Crippen LogP contribution in [0.1, 0.15) is 31.3 Å². The lowest BCUT2D eigenvalue weighted by molar-refractivity contribution is -0.120. The molecule has 0 atom stereocenters. The van der Waals surface area contributed by atoms with Crippen LogP contribution in [-0.2, 0) is 17.8 Å². The molecule has 130 valence electrons. The van der Waals surface area contributed by atoms with Crippen molar-refractivity contribution < 1.29 is 9.53 Å². The van der Waals surface area contributed by atoms with E-state index in [0.29, 0.717) is 13.0 Å². The van der Waals surface area contributed by atoms with Crippen molar-refractivity contribution in [3.63, 3.8) is 0 Å². The van der Waals surface area contributed by atoms with Gasteiger partial charge in [-0.15, -0.1) is 0 Å². The second-order valence-electron chi connectivity index (χ2n) is 6.29. The van der Waals surface area contributed by atoms with Crippen LogP contribution in [0.3, 0.4) is 0 Å². The zero-order valence-corrected chi connectivity index (χ0v) is 14.8. The van der Waals surface area contributed by atoms with Crippen molar-refractivity contribution in [2.24, 2.45) is 0 Å². The Labute approximate surface area is 147 Å². The summed E-state index contributed by atoms with van der Waals surface area (Å²) < 4.78 is 7.36. The topological polar surface area (TPSA) is 56.1 Å². The third-order valence-electron chi connectivity index (χ3n) is 4.13. The lowest BCUT2D eigenvalue weighted by Gasteiger charge is -2.13. The first kappa shape index (κ1) is 17.0. The van der Waals surface area contributed by atoms with E-state index in [1.807, 2.05) is 42.5 Å². The predicted molar refractivity (Wildman–Crippen MR) is 98.7 cm³/mol. The number of hydrogen-bond donors (Lipinski definition) is 1. The Kier molecular flexibility index (Phi) is 5.03. The summed E-state index contributed by atoms with van der Waals surface area (Å²) in [6.45, 7) is 4.65. The van der Waals surface area contributed by atoms with Gasteiger partial charge in [-0.25, -0.2) is 4.98 Å². The zero-order valence-electron chi connectivity index (χ0n) is 14.8. The van der Waals surface area contributed by atoms with Gasteiger partial charge in [-0.1, -0.05) is 24.3 Å². The average molecular weight is 337 g/mol. The molecular weight excluding hydrogens is 314 g/mol. The molecule has 0 spiro atoms. The molecule has 3 aromatic rings. The summed E-state index contributed by atoms with van der Waals surface area (Å²) in [5, 5.41) is 2.98. The normalized spacial score (nSPS) is 11.0. The molecule has 0 bridgehead atoms. The van der Waals surface area contributed by atoms with Crippen LogP contribution in [0.25, 0.3) is 11.0 Å². The van der Waals surface area contributed by atoms with Crippen molar-refractivity contribution in [3.8, 4) is 5.75 Å². The summed E-state index contributed by atoms with van der Waals surface area (Å²) in [6.07, 6.45) is 0.319. The van der Waals surface area contributed by atoms with Crippen LogP contribution in [0, 0.1) is 0 Å². The van der Waals surface area contributed by atoms with Gasteiger partial charge in [0, 0.05) is 6.04 Å². The third-order valence-corrected chi connectivity index (χ3v) is 4.13. The number of carbonyl (C=O) groups is 1. The van der Waals surface area contributed by atoms with Gasteiger partial charge in [0.05, 0.1) is 31.1 Å². The highest BCUT2D eigenvalue weighted by Gasteiger charge is 2.13. The van der Waals surface area contributed by atoms with Gasteiger partial charge in [0.1, 0.15) is 11.6 Å². The van der Waals surface area contributed by atoms with Crippen molar-refractivity contribution in [1.29, 1.82) is 0 Å². The molecule has 25 heavy (non-hydrogen) atoms. The fourth-order valence-electron chi connectivity index (χ4n) is 3.00. The maximum atomic E-state index is 12.3. The van der Waals surface area contributed by atoms with Crippen molar-refractivity contribution in [2.75, 3.05) is 7.11 Å². The van der Waals surface area contributed by atoms with Crippen molar-refractivity contribution in [3.05, 3.63) is 59.9 Å². The molecule has 0 aliphatic rings. The molecule has 1 N–H and O–H groups in total. The summed E-state index contributed by atoms with van der Waals surface area (Å²) in [5.74, 6) is 1.60. The van der Waals surface area contributed by atoms with Crippen LogP contribution in [-0.4, -0.2) is 22.6 Å². The number of fused-ring (bicyclic) bond motifs is 1. The van der Waals surface area contributed by atoms with E-state index in [0.717, 1.165) is 28.2 Å². The van der Waals surface area contributed by atoms with E-state index in [1.54, 1.807) is 7.11 Å². The molecule has 1 amide bonds. The molecule has 5 nitrogen and oxygen atoms in total. The number of imidazole rings is 1. The molecule has 0 radical (unpaired) electrons. The number of benzene rings is 2. The van der Waals surface area contributed by atoms with Gasteiger partial charge in [-0.05, 0) is 43.7 Å². The number of rotatable bonds is 6. The van der Waals surface area contributed by atoms with Crippen molar-refractivity contribution in [2.45, 2.75) is 32.9 Å². The lowest BCUT2D eigenvalue weighted by atomic mass is 10.1. The van der Waals surface area contributed by atoms with Gasteiger partial charge >= 0.3 is 0 Å². The molecule has 0 aliphatic heterocycles. The van der Waals surface area contributed by atoms with Crippen LogP contribution in [0.5, 0.6) is 5.75 Å². The van der Waals surface area contributed by atoms with E-state index in [-0.39, 0.29) is 11.9 Å². The first-order valence-corrected chi connectivity index (χ1v) is 8.44. The Morgan fingerprint density at radius 2 is 2.00 bits per heavy atom. The number of ether oxygens (including phenoxy) is 1. The maximum absolute atomic E-state index is 12.3. The Morgan fingerprint density at radius 3 is 2.76 bits per heavy atom. The van der Waals surface area contributed by atoms with Gasteiger partial charge in [0.15, 0.2) is 0 Å². The highest BCUT2D eigenvalue weighted by atomic mass is 16.5. The molecule has 1 aromatic heterocycles. The van der Waals surface area contributed by atoms with Crippen molar-refractivity contribution in [1.82, 2.24) is 14.9 Å². The smallest absolute Gasteiger partial charge is 0.224 e. The van der Waals surface area contributed by atoms with Gasteiger partial charge in [0.25, 0.3) is 0 Å². The largest absolute Gasteiger partial charge is 0.497 e. The number of carbonyl (C=O) groups excluding carboxylic acids is 1. The quantitative estimate of drug-likeness (QED) is 0.749. The number of methoxy groups -OCH3 is 1. The fourth-order valence-corrected chi connectivity index (χ4v) is 3.00. The maximum Gasteiger partial charge on any atom is 0.224 e. The number of nitrogens with one attached hydrogen (secondary N) is 1. The fraction of sp³-hybridized carbons (Fsp3) is 0.300. The van der Waals surface area contributed by atoms with E-state index in [9.17, 15) is 4.79 Å². The van der Waals surface area contributed by atoms with Gasteiger partial charge in [-0.2, -0.15) is 0 Å². The number of nitrogens with zero attached hydrogens (tertiary/aromatic N) is 2. The Balaban J connectivity index is 1.71. The number of aromatic nitrogens is 2. The standard InChI is InChI=1S/C20H23N3O2/c1-14(2)23-18-10-5-4-9-17(18)22-19(23)13-21-20(24)12-15-7-6-8-16(11-15)25-3/h4-11,14H,12-13H2,1-3H3,(H,21,24). The van der Waals surface area contributed by atoms with E-state index in [4.69, 9.17) is 4.74 Å². The van der Waals surface area contributed by atoms with E-state index >= 15 is 0 Å². The van der Waals surface area contributed by atoms with Crippen LogP contribution >= 0.6 is 0 Å². The first-order chi connectivity index (χ1) is 12.1.